The fraction of sp³-hybridized carbons (Fsp3) is 0.222. The van der Waals surface area contributed by atoms with Gasteiger partial charge in [-0.1, -0.05) is 23.7 Å². The summed E-state index contributed by atoms with van der Waals surface area (Å²) < 4.78 is 10.6. The topological polar surface area (TPSA) is 67.9 Å². The maximum absolute atomic E-state index is 12.3. The maximum atomic E-state index is 12.3. The highest BCUT2D eigenvalue weighted by molar-refractivity contribution is 6.31. The van der Waals surface area contributed by atoms with E-state index in [0.29, 0.717) is 27.9 Å². The molecule has 25 heavy (non-hydrogen) atoms. The van der Waals surface area contributed by atoms with E-state index in [1.54, 1.807) is 35.2 Å². The number of ether oxygens (including phenoxy) is 2. The molecule has 130 valence electrons. The van der Waals surface area contributed by atoms with Gasteiger partial charge in [0.05, 0.1) is 18.5 Å². The second-order valence-electron chi connectivity index (χ2n) is 5.44. The molecule has 2 amide bonds. The Balaban J connectivity index is 1.67. The van der Waals surface area contributed by atoms with E-state index in [9.17, 15) is 9.59 Å². The van der Waals surface area contributed by atoms with Crippen LogP contribution in [0, 0.1) is 0 Å². The Bertz CT molecular complexity index is 809. The summed E-state index contributed by atoms with van der Waals surface area (Å²) in [7, 11) is 1.52. The maximum Gasteiger partial charge on any atom is 0.265 e. The van der Waals surface area contributed by atoms with Crippen LogP contribution in [0.25, 0.3) is 0 Å². The standard InChI is InChI=1S/C18H17ClN2O4/c1-24-15-7-6-12(19)10-13(15)20-17(22)8-9-21-14-4-2-3-5-16(14)25-11-18(21)23/h2-7,10H,8-9,11H2,1H3,(H,20,22). The van der Waals surface area contributed by atoms with Crippen molar-refractivity contribution in [3.63, 3.8) is 0 Å². The first-order valence-electron chi connectivity index (χ1n) is 7.74. The third-order valence-electron chi connectivity index (χ3n) is 3.81. The molecular formula is C18H17ClN2O4. The van der Waals surface area contributed by atoms with Crippen LogP contribution < -0.4 is 19.7 Å². The van der Waals surface area contributed by atoms with Crippen LogP contribution in [0.2, 0.25) is 5.02 Å². The molecule has 0 unspecified atom stereocenters. The zero-order valence-electron chi connectivity index (χ0n) is 13.6. The van der Waals surface area contributed by atoms with Gasteiger partial charge < -0.3 is 19.7 Å². The highest BCUT2D eigenvalue weighted by Crippen LogP contribution is 2.32. The Morgan fingerprint density at radius 1 is 1.32 bits per heavy atom. The van der Waals surface area contributed by atoms with E-state index < -0.39 is 0 Å². The van der Waals surface area contributed by atoms with Crippen molar-refractivity contribution in [1.29, 1.82) is 0 Å². The number of nitrogens with zero attached hydrogens (tertiary/aromatic N) is 1. The first-order valence-corrected chi connectivity index (χ1v) is 8.12. The lowest BCUT2D eigenvalue weighted by Gasteiger charge is -2.29. The molecule has 0 aromatic heterocycles. The van der Waals surface area contributed by atoms with Gasteiger partial charge in [-0.2, -0.15) is 0 Å². The van der Waals surface area contributed by atoms with Crippen LogP contribution in [0.3, 0.4) is 0 Å². The summed E-state index contributed by atoms with van der Waals surface area (Å²) in [4.78, 5) is 25.9. The number of hydrogen-bond donors (Lipinski definition) is 1. The van der Waals surface area contributed by atoms with Gasteiger partial charge in [-0.3, -0.25) is 9.59 Å². The molecule has 1 aliphatic heterocycles. The number of hydrogen-bond acceptors (Lipinski definition) is 4. The molecule has 1 aliphatic rings. The van der Waals surface area contributed by atoms with Crippen molar-refractivity contribution >= 4 is 34.8 Å². The third-order valence-corrected chi connectivity index (χ3v) is 4.04. The van der Waals surface area contributed by atoms with Gasteiger partial charge in [0.1, 0.15) is 11.5 Å². The lowest BCUT2D eigenvalue weighted by atomic mass is 10.2. The first kappa shape index (κ1) is 17.1. The fourth-order valence-corrected chi connectivity index (χ4v) is 2.78. The molecule has 0 saturated carbocycles. The van der Waals surface area contributed by atoms with E-state index in [1.165, 1.54) is 7.11 Å². The van der Waals surface area contributed by atoms with E-state index in [0.717, 1.165) is 0 Å². The van der Waals surface area contributed by atoms with Gasteiger partial charge in [0.2, 0.25) is 5.91 Å². The van der Waals surface area contributed by atoms with Crippen LogP contribution in [0.15, 0.2) is 42.5 Å². The van der Waals surface area contributed by atoms with Crippen LogP contribution >= 0.6 is 11.6 Å². The normalized spacial score (nSPS) is 13.0. The van der Waals surface area contributed by atoms with Crippen molar-refractivity contribution in [2.24, 2.45) is 0 Å². The van der Waals surface area contributed by atoms with Crippen LogP contribution in [0.1, 0.15) is 6.42 Å². The zero-order valence-corrected chi connectivity index (χ0v) is 14.4. The lowest BCUT2D eigenvalue weighted by molar-refractivity contribution is -0.121. The lowest BCUT2D eigenvalue weighted by Crippen LogP contribution is -2.40. The van der Waals surface area contributed by atoms with Gasteiger partial charge in [-0.25, -0.2) is 0 Å². The Labute approximate surface area is 150 Å². The smallest absolute Gasteiger partial charge is 0.265 e. The van der Waals surface area contributed by atoms with E-state index in [1.807, 2.05) is 12.1 Å². The fourth-order valence-electron chi connectivity index (χ4n) is 2.60. The van der Waals surface area contributed by atoms with Crippen LogP contribution in [-0.4, -0.2) is 32.1 Å². The molecule has 7 heteroatoms. The minimum absolute atomic E-state index is 0.0270. The summed E-state index contributed by atoms with van der Waals surface area (Å²) in [5, 5.41) is 3.26. The summed E-state index contributed by atoms with van der Waals surface area (Å²) in [6.45, 7) is 0.231. The summed E-state index contributed by atoms with van der Waals surface area (Å²) in [5.41, 5.74) is 1.17. The van der Waals surface area contributed by atoms with Crippen LogP contribution in [0.4, 0.5) is 11.4 Å². The number of amides is 2. The number of benzene rings is 2. The van der Waals surface area contributed by atoms with Crippen molar-refractivity contribution in [2.75, 3.05) is 30.5 Å². The molecule has 6 nitrogen and oxygen atoms in total. The molecule has 0 aliphatic carbocycles. The molecule has 0 bridgehead atoms. The molecule has 0 radical (unpaired) electrons. The van der Waals surface area contributed by atoms with Crippen LogP contribution in [-0.2, 0) is 9.59 Å². The molecule has 2 aromatic carbocycles. The van der Waals surface area contributed by atoms with Gasteiger partial charge in [0.15, 0.2) is 6.61 Å². The van der Waals surface area contributed by atoms with Gasteiger partial charge in [-0.05, 0) is 30.3 Å². The largest absolute Gasteiger partial charge is 0.495 e. The van der Waals surface area contributed by atoms with E-state index in [4.69, 9.17) is 21.1 Å². The zero-order chi connectivity index (χ0) is 17.8. The summed E-state index contributed by atoms with van der Waals surface area (Å²) in [5.74, 6) is 0.744. The molecular weight excluding hydrogens is 344 g/mol. The molecule has 2 aromatic rings. The minimum Gasteiger partial charge on any atom is -0.495 e. The number of rotatable bonds is 5. The number of anilines is 2. The molecule has 3 rings (SSSR count). The SMILES string of the molecule is COc1ccc(Cl)cc1NC(=O)CCN1C(=O)COc2ccccc21. The second-order valence-corrected chi connectivity index (χ2v) is 5.88. The van der Waals surface area contributed by atoms with Crippen molar-refractivity contribution < 1.29 is 19.1 Å². The first-order chi connectivity index (χ1) is 12.1. The average Bonchev–Trinajstić information content (AvgIpc) is 2.61. The van der Waals surface area contributed by atoms with Crippen molar-refractivity contribution in [3.8, 4) is 11.5 Å². The van der Waals surface area contributed by atoms with E-state index in [2.05, 4.69) is 5.32 Å². The Hall–Kier alpha value is -2.73. The van der Waals surface area contributed by atoms with Gasteiger partial charge in [0, 0.05) is 18.0 Å². The van der Waals surface area contributed by atoms with E-state index in [-0.39, 0.29) is 31.4 Å². The average molecular weight is 361 g/mol. The second kappa shape index (κ2) is 7.44. The van der Waals surface area contributed by atoms with Gasteiger partial charge in [0.25, 0.3) is 5.91 Å². The minimum atomic E-state index is -0.239. The number of methoxy groups -OCH3 is 1. The van der Waals surface area contributed by atoms with Crippen molar-refractivity contribution in [2.45, 2.75) is 6.42 Å². The Morgan fingerprint density at radius 2 is 2.12 bits per heavy atom. The predicted molar refractivity (Wildman–Crippen MR) is 95.5 cm³/mol. The van der Waals surface area contributed by atoms with Crippen LogP contribution in [0.5, 0.6) is 11.5 Å². The van der Waals surface area contributed by atoms with E-state index >= 15 is 0 Å². The number of para-hydroxylation sites is 2. The summed E-state index contributed by atoms with van der Waals surface area (Å²) in [6, 6.07) is 12.2. The number of halogens is 1. The summed E-state index contributed by atoms with van der Waals surface area (Å²) in [6.07, 6.45) is 0.135. The monoisotopic (exact) mass is 360 g/mol. The number of carbonyl (C=O) groups excluding carboxylic acids is 2. The number of nitrogens with one attached hydrogen (secondary N) is 1. The Morgan fingerprint density at radius 3 is 2.92 bits per heavy atom. The number of fused-ring (bicyclic) bond motifs is 1. The molecule has 1 heterocycles. The molecule has 0 saturated heterocycles. The highest BCUT2D eigenvalue weighted by Gasteiger charge is 2.25. The predicted octanol–water partition coefficient (Wildman–Crippen LogP) is 3.10. The van der Waals surface area contributed by atoms with Crippen molar-refractivity contribution in [3.05, 3.63) is 47.5 Å². The third kappa shape index (κ3) is 3.85. The van der Waals surface area contributed by atoms with Crippen molar-refractivity contribution in [1.82, 2.24) is 0 Å². The Kier molecular flexibility index (Phi) is 5.09. The summed E-state index contributed by atoms with van der Waals surface area (Å²) >= 11 is 5.96. The quantitative estimate of drug-likeness (QED) is 0.889. The highest BCUT2D eigenvalue weighted by atomic mass is 35.5. The number of carbonyl (C=O) groups is 2. The van der Waals surface area contributed by atoms with Gasteiger partial charge >= 0.3 is 0 Å². The molecule has 0 fully saturated rings. The molecule has 0 atom stereocenters. The molecule has 1 N–H and O–H groups in total. The van der Waals surface area contributed by atoms with Gasteiger partial charge in [-0.15, -0.1) is 0 Å². The molecule has 0 spiro atoms.